The zero-order valence-electron chi connectivity index (χ0n) is 8.40. The van der Waals surface area contributed by atoms with Gasteiger partial charge in [0.05, 0.1) is 0 Å². The molecule has 1 rings (SSSR count). The molecule has 0 saturated heterocycles. The van der Waals surface area contributed by atoms with Gasteiger partial charge in [0.15, 0.2) is 0 Å². The van der Waals surface area contributed by atoms with Gasteiger partial charge in [0, 0.05) is 6.21 Å². The van der Waals surface area contributed by atoms with E-state index < -0.39 is 11.9 Å². The molecule has 0 aliphatic carbocycles. The Kier molecular flexibility index (Phi) is 3.40. The van der Waals surface area contributed by atoms with Gasteiger partial charge in [0.2, 0.25) is 5.91 Å². The van der Waals surface area contributed by atoms with Crippen molar-refractivity contribution in [2.45, 2.75) is 19.9 Å². The van der Waals surface area contributed by atoms with Gasteiger partial charge in [-0.15, -0.1) is 0 Å². The Morgan fingerprint density at radius 3 is 2.71 bits per heavy atom. The van der Waals surface area contributed by atoms with Gasteiger partial charge in [-0.25, -0.2) is 0 Å². The van der Waals surface area contributed by atoms with E-state index in [2.05, 4.69) is 4.99 Å². The van der Waals surface area contributed by atoms with Crippen LogP contribution in [0, 0.1) is 6.92 Å². The summed E-state index contributed by atoms with van der Waals surface area (Å²) in [4.78, 5) is 14.8. The highest BCUT2D eigenvalue weighted by molar-refractivity contribution is 5.86. The van der Waals surface area contributed by atoms with Gasteiger partial charge in [-0.05, 0) is 25.0 Å². The summed E-state index contributed by atoms with van der Waals surface area (Å²) in [5.41, 5.74) is 7.23. The number of carbonyl (C=O) groups excluding carboxylic acids is 1. The second kappa shape index (κ2) is 4.56. The van der Waals surface area contributed by atoms with Crippen LogP contribution >= 0.6 is 0 Å². The largest absolute Gasteiger partial charge is 0.368 e. The normalized spacial score (nSPS) is 13.0. The first-order chi connectivity index (χ1) is 6.61. The topological polar surface area (TPSA) is 55.4 Å². The molecule has 0 aromatic heterocycles. The molecule has 1 aromatic carbocycles. The Morgan fingerprint density at radius 2 is 2.14 bits per heavy atom. The van der Waals surface area contributed by atoms with Gasteiger partial charge < -0.3 is 5.73 Å². The van der Waals surface area contributed by atoms with Gasteiger partial charge in [-0.1, -0.05) is 24.3 Å². The van der Waals surface area contributed by atoms with Gasteiger partial charge in [-0.2, -0.15) is 0 Å². The number of nitrogens with zero attached hydrogens (tertiary/aromatic N) is 1. The molecule has 0 saturated carbocycles. The molecule has 0 unspecified atom stereocenters. The molecule has 1 aromatic rings. The highest BCUT2D eigenvalue weighted by Gasteiger charge is 2.03. The monoisotopic (exact) mass is 190 g/mol. The summed E-state index contributed by atoms with van der Waals surface area (Å²) in [6.07, 6.45) is 1.69. The third-order valence-corrected chi connectivity index (χ3v) is 2.04. The maximum Gasteiger partial charge on any atom is 0.241 e. The number of nitrogens with two attached hydrogens (primary N) is 1. The lowest BCUT2D eigenvalue weighted by Crippen LogP contribution is -2.23. The van der Waals surface area contributed by atoms with Crippen molar-refractivity contribution in [2.75, 3.05) is 0 Å². The first-order valence-corrected chi connectivity index (χ1v) is 4.49. The SMILES string of the molecule is Cc1ccccc1C=N[C@@H](C)C(N)=O. The Hall–Kier alpha value is -1.64. The number of rotatable bonds is 3. The van der Waals surface area contributed by atoms with Gasteiger partial charge in [0.1, 0.15) is 6.04 Å². The Bertz CT molecular complexity index is 358. The molecule has 0 radical (unpaired) electrons. The lowest BCUT2D eigenvalue weighted by atomic mass is 10.1. The Morgan fingerprint density at radius 1 is 1.50 bits per heavy atom. The standard InChI is InChI=1S/C11H14N2O/c1-8-5-3-4-6-10(8)7-13-9(2)11(12)14/h3-7,9H,1-2H3,(H2,12,14)/t9-/m0/s1. The molecule has 1 atom stereocenters. The summed E-state index contributed by atoms with van der Waals surface area (Å²) in [6, 6.07) is 7.38. The van der Waals surface area contributed by atoms with Crippen LogP contribution in [-0.2, 0) is 4.79 Å². The molecule has 3 heteroatoms. The number of aliphatic imine (C=N–C) groups is 1. The summed E-state index contributed by atoms with van der Waals surface area (Å²) >= 11 is 0. The van der Waals surface area contributed by atoms with Gasteiger partial charge in [-0.3, -0.25) is 9.79 Å². The van der Waals surface area contributed by atoms with Crippen LogP contribution in [0.4, 0.5) is 0 Å². The molecule has 0 aliphatic rings. The quantitative estimate of drug-likeness (QED) is 0.717. The fraction of sp³-hybridized carbons (Fsp3) is 0.273. The number of hydrogen-bond acceptors (Lipinski definition) is 2. The van der Waals surface area contributed by atoms with Crippen LogP contribution in [0.2, 0.25) is 0 Å². The molecular formula is C11H14N2O. The van der Waals surface area contributed by atoms with Crippen molar-refractivity contribution in [2.24, 2.45) is 10.7 Å². The lowest BCUT2D eigenvalue weighted by Gasteiger charge is -2.01. The highest BCUT2D eigenvalue weighted by atomic mass is 16.1. The van der Waals surface area contributed by atoms with Crippen molar-refractivity contribution >= 4 is 12.1 Å². The number of aryl methyl sites for hydroxylation is 1. The number of hydrogen-bond donors (Lipinski definition) is 1. The van der Waals surface area contributed by atoms with Gasteiger partial charge >= 0.3 is 0 Å². The molecule has 74 valence electrons. The van der Waals surface area contributed by atoms with E-state index in [-0.39, 0.29) is 0 Å². The van der Waals surface area contributed by atoms with E-state index in [4.69, 9.17) is 5.73 Å². The summed E-state index contributed by atoms with van der Waals surface area (Å²) in [7, 11) is 0. The third kappa shape index (κ3) is 2.69. The van der Waals surface area contributed by atoms with E-state index in [9.17, 15) is 4.79 Å². The van der Waals surface area contributed by atoms with E-state index in [1.54, 1.807) is 13.1 Å². The van der Waals surface area contributed by atoms with Crippen molar-refractivity contribution < 1.29 is 4.79 Å². The van der Waals surface area contributed by atoms with Crippen LogP contribution in [0.15, 0.2) is 29.3 Å². The van der Waals surface area contributed by atoms with Crippen LogP contribution in [0.25, 0.3) is 0 Å². The zero-order chi connectivity index (χ0) is 10.6. The molecule has 3 nitrogen and oxygen atoms in total. The molecule has 0 bridgehead atoms. The molecular weight excluding hydrogens is 176 g/mol. The van der Waals surface area contributed by atoms with Crippen molar-refractivity contribution in [3.8, 4) is 0 Å². The Balaban J connectivity index is 2.78. The molecule has 1 amide bonds. The first-order valence-electron chi connectivity index (χ1n) is 4.49. The van der Waals surface area contributed by atoms with E-state index in [0.717, 1.165) is 11.1 Å². The minimum Gasteiger partial charge on any atom is -0.368 e. The van der Waals surface area contributed by atoms with Crippen molar-refractivity contribution in [3.05, 3.63) is 35.4 Å². The number of benzene rings is 1. The van der Waals surface area contributed by atoms with Crippen LogP contribution in [0.3, 0.4) is 0 Å². The number of amides is 1. The van der Waals surface area contributed by atoms with Crippen LogP contribution in [0.1, 0.15) is 18.1 Å². The van der Waals surface area contributed by atoms with Crippen molar-refractivity contribution in [3.63, 3.8) is 0 Å². The smallest absolute Gasteiger partial charge is 0.241 e. The van der Waals surface area contributed by atoms with E-state index >= 15 is 0 Å². The average Bonchev–Trinajstić information content (AvgIpc) is 2.16. The van der Waals surface area contributed by atoms with Crippen LogP contribution in [0.5, 0.6) is 0 Å². The minimum atomic E-state index is -0.463. The molecule has 0 heterocycles. The van der Waals surface area contributed by atoms with E-state index in [1.807, 2.05) is 31.2 Å². The molecule has 0 aliphatic heterocycles. The molecule has 2 N–H and O–H groups in total. The number of primary amides is 1. The van der Waals surface area contributed by atoms with Crippen molar-refractivity contribution in [1.82, 2.24) is 0 Å². The predicted molar refractivity (Wildman–Crippen MR) is 57.4 cm³/mol. The Labute approximate surface area is 83.7 Å². The second-order valence-electron chi connectivity index (χ2n) is 3.21. The van der Waals surface area contributed by atoms with Crippen LogP contribution < -0.4 is 5.73 Å². The predicted octanol–water partition coefficient (Wildman–Crippen LogP) is 1.29. The van der Waals surface area contributed by atoms with Crippen molar-refractivity contribution in [1.29, 1.82) is 0 Å². The fourth-order valence-electron chi connectivity index (χ4n) is 0.997. The average molecular weight is 190 g/mol. The maximum absolute atomic E-state index is 10.7. The maximum atomic E-state index is 10.7. The van der Waals surface area contributed by atoms with E-state index in [0.29, 0.717) is 0 Å². The zero-order valence-corrected chi connectivity index (χ0v) is 8.40. The highest BCUT2D eigenvalue weighted by Crippen LogP contribution is 2.04. The fourth-order valence-corrected chi connectivity index (χ4v) is 0.997. The first kappa shape index (κ1) is 10.4. The molecule has 0 spiro atoms. The second-order valence-corrected chi connectivity index (χ2v) is 3.21. The van der Waals surface area contributed by atoms with E-state index in [1.165, 1.54) is 0 Å². The summed E-state index contributed by atoms with van der Waals surface area (Å²) in [5.74, 6) is -0.408. The van der Waals surface area contributed by atoms with Crippen LogP contribution in [-0.4, -0.2) is 18.2 Å². The molecule has 0 fully saturated rings. The summed E-state index contributed by atoms with van der Waals surface area (Å²) < 4.78 is 0. The summed E-state index contributed by atoms with van der Waals surface area (Å²) in [6.45, 7) is 3.67. The minimum absolute atomic E-state index is 0.408. The lowest BCUT2D eigenvalue weighted by molar-refractivity contribution is -0.118. The summed E-state index contributed by atoms with van der Waals surface area (Å²) in [5, 5.41) is 0. The molecule has 14 heavy (non-hydrogen) atoms. The van der Waals surface area contributed by atoms with Gasteiger partial charge in [0.25, 0.3) is 0 Å². The number of carbonyl (C=O) groups is 1. The third-order valence-electron chi connectivity index (χ3n) is 2.04.